The molecule has 0 N–H and O–H groups in total. The third kappa shape index (κ3) is 3.08. The molecule has 0 bridgehead atoms. The summed E-state index contributed by atoms with van der Waals surface area (Å²) in [6.45, 7) is 7.99. The Hall–Kier alpha value is -1.32. The minimum atomic E-state index is -0.222. The predicted octanol–water partition coefficient (Wildman–Crippen LogP) is 2.32. The zero-order valence-corrected chi connectivity index (χ0v) is 10.5. The third-order valence-electron chi connectivity index (χ3n) is 2.42. The second kappa shape index (κ2) is 4.68. The van der Waals surface area contributed by atoms with Crippen molar-refractivity contribution < 1.29 is 14.1 Å². The summed E-state index contributed by atoms with van der Waals surface area (Å²) in [7, 11) is 1.39. The largest absolute Gasteiger partial charge is 0.469 e. The quantitative estimate of drug-likeness (QED) is 0.741. The van der Waals surface area contributed by atoms with Gasteiger partial charge < -0.3 is 9.26 Å². The lowest BCUT2D eigenvalue weighted by atomic mass is 9.92. The van der Waals surface area contributed by atoms with Gasteiger partial charge in [-0.25, -0.2) is 0 Å². The highest BCUT2D eigenvalue weighted by atomic mass is 16.5. The van der Waals surface area contributed by atoms with Gasteiger partial charge in [-0.2, -0.15) is 0 Å². The van der Waals surface area contributed by atoms with Gasteiger partial charge >= 0.3 is 5.97 Å². The van der Waals surface area contributed by atoms with E-state index in [0.717, 1.165) is 11.5 Å². The van der Waals surface area contributed by atoms with E-state index in [9.17, 15) is 4.79 Å². The van der Waals surface area contributed by atoms with Crippen LogP contribution in [0.2, 0.25) is 0 Å². The first-order valence-electron chi connectivity index (χ1n) is 5.38. The Morgan fingerprint density at radius 2 is 2.19 bits per heavy atom. The van der Waals surface area contributed by atoms with Gasteiger partial charge in [0.05, 0.1) is 18.7 Å². The molecule has 1 aromatic rings. The summed E-state index contributed by atoms with van der Waals surface area (Å²) in [5, 5.41) is 3.96. The van der Waals surface area contributed by atoms with Gasteiger partial charge in [0, 0.05) is 17.9 Å². The SMILES string of the molecule is COC(=O)C(C)Cc1cc(C(C)(C)C)on1. The summed E-state index contributed by atoms with van der Waals surface area (Å²) >= 11 is 0. The van der Waals surface area contributed by atoms with Crippen LogP contribution in [-0.4, -0.2) is 18.2 Å². The summed E-state index contributed by atoms with van der Waals surface area (Å²) in [6.07, 6.45) is 0.548. The van der Waals surface area contributed by atoms with Gasteiger partial charge in [-0.15, -0.1) is 0 Å². The summed E-state index contributed by atoms with van der Waals surface area (Å²) in [5.41, 5.74) is 0.738. The summed E-state index contributed by atoms with van der Waals surface area (Å²) < 4.78 is 9.90. The summed E-state index contributed by atoms with van der Waals surface area (Å²) in [5.74, 6) is 0.419. The van der Waals surface area contributed by atoms with Crippen molar-refractivity contribution in [1.82, 2.24) is 5.16 Å². The Bertz CT molecular complexity index is 363. The highest BCUT2D eigenvalue weighted by Gasteiger charge is 2.21. The number of ether oxygens (including phenoxy) is 1. The number of nitrogens with zero attached hydrogens (tertiary/aromatic N) is 1. The standard InChI is InChI=1S/C12H19NO3/c1-8(11(14)15-5)6-9-7-10(16-13-9)12(2,3)4/h7-8H,6H2,1-5H3. The molecule has 0 radical (unpaired) electrons. The monoisotopic (exact) mass is 225 g/mol. The molecule has 1 heterocycles. The van der Waals surface area contributed by atoms with Crippen molar-refractivity contribution >= 4 is 5.97 Å². The van der Waals surface area contributed by atoms with Crippen molar-refractivity contribution in [2.24, 2.45) is 5.92 Å². The number of esters is 1. The van der Waals surface area contributed by atoms with Gasteiger partial charge in [0.25, 0.3) is 0 Å². The molecule has 4 heteroatoms. The number of aromatic nitrogens is 1. The van der Waals surface area contributed by atoms with E-state index in [-0.39, 0.29) is 17.3 Å². The Kier molecular flexibility index (Phi) is 3.73. The molecule has 0 amide bonds. The first-order valence-corrected chi connectivity index (χ1v) is 5.38. The van der Waals surface area contributed by atoms with Gasteiger partial charge in [-0.3, -0.25) is 4.79 Å². The Labute approximate surface area is 96.0 Å². The Morgan fingerprint density at radius 1 is 1.56 bits per heavy atom. The number of carbonyl (C=O) groups excluding carboxylic acids is 1. The molecule has 0 saturated heterocycles. The van der Waals surface area contributed by atoms with E-state index in [1.807, 2.05) is 13.0 Å². The van der Waals surface area contributed by atoms with Gasteiger partial charge in [0.2, 0.25) is 0 Å². The molecule has 1 aromatic heterocycles. The fraction of sp³-hybridized carbons (Fsp3) is 0.667. The van der Waals surface area contributed by atoms with Crippen LogP contribution in [0, 0.1) is 5.92 Å². The molecule has 0 spiro atoms. The van der Waals surface area contributed by atoms with Crippen molar-refractivity contribution in [2.45, 2.75) is 39.5 Å². The fourth-order valence-corrected chi connectivity index (χ4v) is 1.36. The predicted molar refractivity (Wildman–Crippen MR) is 60.1 cm³/mol. The van der Waals surface area contributed by atoms with Crippen LogP contribution in [0.15, 0.2) is 10.6 Å². The fourth-order valence-electron chi connectivity index (χ4n) is 1.36. The van der Waals surface area contributed by atoms with E-state index in [4.69, 9.17) is 4.52 Å². The average Bonchev–Trinajstić information content (AvgIpc) is 2.64. The molecule has 0 aliphatic carbocycles. The molecule has 0 aliphatic rings. The molecule has 4 nitrogen and oxygen atoms in total. The number of hydrogen-bond donors (Lipinski definition) is 0. The van der Waals surface area contributed by atoms with Crippen LogP contribution in [0.25, 0.3) is 0 Å². The van der Waals surface area contributed by atoms with Crippen LogP contribution in [0.4, 0.5) is 0 Å². The second-order valence-electron chi connectivity index (χ2n) is 5.06. The first-order chi connectivity index (χ1) is 7.34. The maximum Gasteiger partial charge on any atom is 0.308 e. The van der Waals surface area contributed by atoms with Crippen molar-refractivity contribution in [3.05, 3.63) is 17.5 Å². The normalized spacial score (nSPS) is 13.6. The van der Waals surface area contributed by atoms with Crippen molar-refractivity contribution in [1.29, 1.82) is 0 Å². The first kappa shape index (κ1) is 12.7. The van der Waals surface area contributed by atoms with Crippen molar-refractivity contribution in [2.75, 3.05) is 7.11 Å². The highest BCUT2D eigenvalue weighted by Crippen LogP contribution is 2.23. The smallest absolute Gasteiger partial charge is 0.308 e. The van der Waals surface area contributed by atoms with E-state index in [1.54, 1.807) is 0 Å². The Morgan fingerprint density at radius 3 is 2.62 bits per heavy atom. The van der Waals surface area contributed by atoms with Crippen molar-refractivity contribution in [3.63, 3.8) is 0 Å². The molecule has 90 valence electrons. The highest BCUT2D eigenvalue weighted by molar-refractivity contribution is 5.72. The lowest BCUT2D eigenvalue weighted by Crippen LogP contribution is -2.15. The zero-order valence-electron chi connectivity index (χ0n) is 10.5. The number of rotatable bonds is 3. The van der Waals surface area contributed by atoms with E-state index in [1.165, 1.54) is 7.11 Å². The Balaban J connectivity index is 2.69. The maximum absolute atomic E-state index is 11.2. The maximum atomic E-state index is 11.2. The molecule has 0 saturated carbocycles. The van der Waals surface area contributed by atoms with Crippen molar-refractivity contribution in [3.8, 4) is 0 Å². The molecule has 1 rings (SSSR count). The topological polar surface area (TPSA) is 52.3 Å². The van der Waals surface area contributed by atoms with Gasteiger partial charge in [-0.1, -0.05) is 32.9 Å². The third-order valence-corrected chi connectivity index (χ3v) is 2.42. The van der Waals surface area contributed by atoms with Crippen LogP contribution < -0.4 is 0 Å². The van der Waals surface area contributed by atoms with Crippen LogP contribution in [0.5, 0.6) is 0 Å². The molecule has 1 atom stereocenters. The van der Waals surface area contributed by atoms with Crippen LogP contribution in [0.1, 0.15) is 39.1 Å². The number of carbonyl (C=O) groups is 1. The molecule has 0 fully saturated rings. The lowest BCUT2D eigenvalue weighted by Gasteiger charge is -2.12. The molecular weight excluding hydrogens is 206 g/mol. The summed E-state index contributed by atoms with van der Waals surface area (Å²) in [6, 6.07) is 1.90. The molecular formula is C12H19NO3. The molecule has 0 aromatic carbocycles. The zero-order chi connectivity index (χ0) is 12.3. The molecule has 0 aliphatic heterocycles. The van der Waals surface area contributed by atoms with E-state index >= 15 is 0 Å². The summed E-state index contributed by atoms with van der Waals surface area (Å²) in [4.78, 5) is 11.2. The van der Waals surface area contributed by atoms with Crippen LogP contribution in [0.3, 0.4) is 0 Å². The van der Waals surface area contributed by atoms with Crippen LogP contribution in [-0.2, 0) is 21.4 Å². The molecule has 1 unspecified atom stereocenters. The van der Waals surface area contributed by atoms with E-state index in [2.05, 4.69) is 30.7 Å². The minimum Gasteiger partial charge on any atom is -0.469 e. The second-order valence-corrected chi connectivity index (χ2v) is 5.06. The van der Waals surface area contributed by atoms with E-state index < -0.39 is 0 Å². The van der Waals surface area contributed by atoms with E-state index in [0.29, 0.717) is 6.42 Å². The van der Waals surface area contributed by atoms with Gasteiger partial charge in [0.15, 0.2) is 0 Å². The minimum absolute atomic E-state index is 0.0558. The van der Waals surface area contributed by atoms with Crippen LogP contribution >= 0.6 is 0 Å². The average molecular weight is 225 g/mol. The molecule has 16 heavy (non-hydrogen) atoms. The lowest BCUT2D eigenvalue weighted by molar-refractivity contribution is -0.144. The number of methoxy groups -OCH3 is 1. The van der Waals surface area contributed by atoms with Gasteiger partial charge in [-0.05, 0) is 0 Å². The number of hydrogen-bond acceptors (Lipinski definition) is 4. The van der Waals surface area contributed by atoms with Gasteiger partial charge in [0.1, 0.15) is 5.76 Å².